The second-order valence-corrected chi connectivity index (χ2v) is 7.40. The number of aromatic amines is 1. The van der Waals surface area contributed by atoms with E-state index in [-0.39, 0.29) is 5.41 Å². The molecule has 1 heterocycles. The third kappa shape index (κ3) is 2.48. The van der Waals surface area contributed by atoms with Crippen molar-refractivity contribution in [2.24, 2.45) is 10.6 Å². The van der Waals surface area contributed by atoms with Crippen LogP contribution in [0.15, 0.2) is 47.6 Å². The number of hydrogen-bond acceptors (Lipinski definition) is 3. The van der Waals surface area contributed by atoms with Crippen molar-refractivity contribution < 1.29 is 5.21 Å². The summed E-state index contributed by atoms with van der Waals surface area (Å²) in [7, 11) is 0. The maximum atomic E-state index is 9.50. The lowest BCUT2D eigenvalue weighted by molar-refractivity contribution is 0.306. The van der Waals surface area contributed by atoms with E-state index in [9.17, 15) is 5.21 Å². The van der Waals surface area contributed by atoms with E-state index in [0.29, 0.717) is 0 Å². The third-order valence-corrected chi connectivity index (χ3v) is 4.86. The fourth-order valence-corrected chi connectivity index (χ4v) is 3.81. The van der Waals surface area contributed by atoms with E-state index in [0.717, 1.165) is 41.9 Å². The maximum absolute atomic E-state index is 9.50. The minimum absolute atomic E-state index is 0.0812. The van der Waals surface area contributed by atoms with Gasteiger partial charge in [-0.05, 0) is 34.6 Å². The molecule has 4 rings (SSSR count). The summed E-state index contributed by atoms with van der Waals surface area (Å²) in [5, 5.41) is 23.3. The van der Waals surface area contributed by atoms with Gasteiger partial charge < -0.3 is 5.21 Å². The van der Waals surface area contributed by atoms with Crippen molar-refractivity contribution in [1.29, 1.82) is 0 Å². The highest BCUT2D eigenvalue weighted by molar-refractivity contribution is 6.03. The summed E-state index contributed by atoms with van der Waals surface area (Å²) >= 11 is 0. The molecule has 0 bridgehead atoms. The van der Waals surface area contributed by atoms with Crippen LogP contribution in [0.25, 0.3) is 10.8 Å². The normalized spacial score (nSPS) is 18.0. The number of fused-ring (bicyclic) bond motifs is 2. The molecule has 1 aromatic heterocycles. The van der Waals surface area contributed by atoms with Crippen LogP contribution in [0.2, 0.25) is 0 Å². The molecule has 4 nitrogen and oxygen atoms in total. The van der Waals surface area contributed by atoms with E-state index in [4.69, 9.17) is 0 Å². The number of hydrogen-bond donors (Lipinski definition) is 2. The van der Waals surface area contributed by atoms with Crippen LogP contribution in [-0.2, 0) is 12.8 Å². The van der Waals surface area contributed by atoms with E-state index in [1.165, 1.54) is 16.3 Å². The quantitative estimate of drug-likeness (QED) is 0.546. The Morgan fingerprint density at radius 2 is 1.92 bits per heavy atom. The number of nitrogens with one attached hydrogen (secondary N) is 1. The maximum Gasteiger partial charge on any atom is 0.0910 e. The first-order chi connectivity index (χ1) is 11.6. The molecule has 0 unspecified atom stereocenters. The van der Waals surface area contributed by atoms with Crippen molar-refractivity contribution >= 4 is 16.5 Å². The second-order valence-electron chi connectivity index (χ2n) is 7.40. The topological polar surface area (TPSA) is 61.3 Å². The van der Waals surface area contributed by atoms with Gasteiger partial charge in [0.25, 0.3) is 0 Å². The minimum Gasteiger partial charge on any atom is -0.411 e. The van der Waals surface area contributed by atoms with Crippen molar-refractivity contribution in [3.05, 3.63) is 65.0 Å². The van der Waals surface area contributed by atoms with Gasteiger partial charge in [0.1, 0.15) is 0 Å². The van der Waals surface area contributed by atoms with Gasteiger partial charge in [-0.25, -0.2) is 0 Å². The van der Waals surface area contributed by atoms with Gasteiger partial charge in [0.05, 0.1) is 11.4 Å². The standard InChI is InChI=1S/C20H21N3O/c1-20(2)11-17-19(18(12-20)23-24)16(21-22-17)10-14-8-5-7-13-6-3-4-9-15(13)14/h3-9,24H,10-12H2,1-2H3,(H,21,22). The van der Waals surface area contributed by atoms with Crippen LogP contribution in [0, 0.1) is 5.41 Å². The fraction of sp³-hybridized carbons (Fsp3) is 0.300. The second kappa shape index (κ2) is 5.48. The van der Waals surface area contributed by atoms with Crippen molar-refractivity contribution in [1.82, 2.24) is 10.2 Å². The first-order valence-corrected chi connectivity index (χ1v) is 8.31. The van der Waals surface area contributed by atoms with Crippen molar-refractivity contribution in [2.75, 3.05) is 0 Å². The van der Waals surface area contributed by atoms with Crippen LogP contribution < -0.4 is 0 Å². The summed E-state index contributed by atoms with van der Waals surface area (Å²) in [6, 6.07) is 14.8. The number of nitrogens with zero attached hydrogens (tertiary/aromatic N) is 2. The predicted octanol–water partition coefficient (Wildman–Crippen LogP) is 4.30. The highest BCUT2D eigenvalue weighted by atomic mass is 16.4. The molecule has 1 aliphatic carbocycles. The monoisotopic (exact) mass is 319 g/mol. The molecule has 122 valence electrons. The molecule has 1 aliphatic rings. The average Bonchev–Trinajstić information content (AvgIpc) is 2.96. The molecule has 4 heteroatoms. The van der Waals surface area contributed by atoms with E-state index < -0.39 is 0 Å². The van der Waals surface area contributed by atoms with Gasteiger partial charge in [0, 0.05) is 17.7 Å². The van der Waals surface area contributed by atoms with Gasteiger partial charge >= 0.3 is 0 Å². The zero-order chi connectivity index (χ0) is 16.7. The molecule has 0 atom stereocenters. The number of aromatic nitrogens is 2. The largest absolute Gasteiger partial charge is 0.411 e. The molecular weight excluding hydrogens is 298 g/mol. The Hall–Kier alpha value is -2.62. The van der Waals surface area contributed by atoms with Crippen LogP contribution in [0.4, 0.5) is 0 Å². The summed E-state index contributed by atoms with van der Waals surface area (Å²) in [5.41, 5.74) is 5.11. The molecule has 0 amide bonds. The Bertz CT molecular complexity index is 932. The van der Waals surface area contributed by atoms with Crippen molar-refractivity contribution in [3.63, 3.8) is 0 Å². The lowest BCUT2D eigenvalue weighted by atomic mass is 9.75. The van der Waals surface area contributed by atoms with E-state index in [1.807, 2.05) is 0 Å². The summed E-state index contributed by atoms with van der Waals surface area (Å²) in [4.78, 5) is 0. The summed E-state index contributed by atoms with van der Waals surface area (Å²) in [5.74, 6) is 0. The Balaban J connectivity index is 1.78. The van der Waals surface area contributed by atoms with Crippen LogP contribution in [0.1, 0.15) is 42.8 Å². The summed E-state index contributed by atoms with van der Waals surface area (Å²) < 4.78 is 0. The number of H-pyrrole nitrogens is 1. The van der Waals surface area contributed by atoms with E-state index >= 15 is 0 Å². The van der Waals surface area contributed by atoms with Crippen molar-refractivity contribution in [3.8, 4) is 0 Å². The zero-order valence-electron chi connectivity index (χ0n) is 14.0. The minimum atomic E-state index is 0.0812. The SMILES string of the molecule is CC1(C)CC(=NO)c2c(Cc3cccc4ccccc34)n[nH]c2C1. The molecule has 0 fully saturated rings. The van der Waals surface area contributed by atoms with E-state index in [2.05, 4.69) is 71.7 Å². The fourth-order valence-electron chi connectivity index (χ4n) is 3.81. The summed E-state index contributed by atoms with van der Waals surface area (Å²) in [6.45, 7) is 4.37. The molecule has 0 saturated heterocycles. The highest BCUT2D eigenvalue weighted by Crippen LogP contribution is 2.36. The molecular formula is C20H21N3O. The van der Waals surface area contributed by atoms with Gasteiger partial charge in [-0.1, -0.05) is 61.5 Å². The van der Waals surface area contributed by atoms with Gasteiger partial charge in [0.15, 0.2) is 0 Å². The van der Waals surface area contributed by atoms with Crippen LogP contribution in [-0.4, -0.2) is 21.1 Å². The molecule has 0 radical (unpaired) electrons. The third-order valence-electron chi connectivity index (χ3n) is 4.86. The Morgan fingerprint density at radius 1 is 1.12 bits per heavy atom. The van der Waals surface area contributed by atoms with E-state index in [1.54, 1.807) is 0 Å². The van der Waals surface area contributed by atoms with Gasteiger partial charge in [-0.3, -0.25) is 5.10 Å². The highest BCUT2D eigenvalue weighted by Gasteiger charge is 2.33. The van der Waals surface area contributed by atoms with Crippen molar-refractivity contribution in [2.45, 2.75) is 33.1 Å². The molecule has 2 N–H and O–H groups in total. The first kappa shape index (κ1) is 14.9. The average molecular weight is 319 g/mol. The first-order valence-electron chi connectivity index (χ1n) is 8.31. The lowest BCUT2D eigenvalue weighted by Gasteiger charge is -2.29. The van der Waals surface area contributed by atoms with Gasteiger partial charge in [-0.2, -0.15) is 5.10 Å². The number of rotatable bonds is 2. The molecule has 24 heavy (non-hydrogen) atoms. The molecule has 0 aliphatic heterocycles. The summed E-state index contributed by atoms with van der Waals surface area (Å²) in [6.07, 6.45) is 2.41. The molecule has 0 saturated carbocycles. The molecule has 2 aromatic carbocycles. The zero-order valence-corrected chi connectivity index (χ0v) is 14.0. The number of oxime groups is 1. The Kier molecular flexibility index (Phi) is 3.41. The van der Waals surface area contributed by atoms with Gasteiger partial charge in [-0.15, -0.1) is 0 Å². The van der Waals surface area contributed by atoms with Crippen LogP contribution in [0.3, 0.4) is 0 Å². The Labute approximate surface area is 141 Å². The van der Waals surface area contributed by atoms with Crippen LogP contribution >= 0.6 is 0 Å². The number of benzene rings is 2. The molecule has 0 spiro atoms. The molecule has 3 aromatic rings. The lowest BCUT2D eigenvalue weighted by Crippen LogP contribution is -2.27. The van der Waals surface area contributed by atoms with Gasteiger partial charge in [0.2, 0.25) is 0 Å². The predicted molar refractivity (Wildman–Crippen MR) is 95.8 cm³/mol. The Morgan fingerprint density at radius 3 is 2.75 bits per heavy atom. The smallest absolute Gasteiger partial charge is 0.0910 e. The van der Waals surface area contributed by atoms with Crippen LogP contribution in [0.5, 0.6) is 0 Å².